The van der Waals surface area contributed by atoms with E-state index < -0.39 is 30.4 Å². The molecule has 0 aliphatic carbocycles. The maximum absolute atomic E-state index is 12.7. The topological polar surface area (TPSA) is 72.4 Å². The van der Waals surface area contributed by atoms with Crippen LogP contribution in [0.3, 0.4) is 0 Å². The highest BCUT2D eigenvalue weighted by Gasteiger charge is 2.80. The van der Waals surface area contributed by atoms with E-state index in [2.05, 4.69) is 27.7 Å². The van der Waals surface area contributed by atoms with Gasteiger partial charge in [0.1, 0.15) is 0 Å². The van der Waals surface area contributed by atoms with Crippen molar-refractivity contribution in [2.75, 3.05) is 0 Å². The lowest BCUT2D eigenvalue weighted by molar-refractivity contribution is -0.382. The lowest BCUT2D eigenvalue weighted by Gasteiger charge is -2.40. The molecule has 0 rings (SSSR count). The Hall–Kier alpha value is 0.200. The Morgan fingerprint density at radius 2 is 1.22 bits per heavy atom. The molecule has 0 atom stereocenters. The Balaban J connectivity index is 5.57. The van der Waals surface area contributed by atoms with E-state index in [0.29, 0.717) is 0 Å². The predicted octanol–water partition coefficient (Wildman–Crippen LogP) is 1.80. The summed E-state index contributed by atoms with van der Waals surface area (Å²) in [5.74, 6) is -13.3. The van der Waals surface area contributed by atoms with Crippen molar-refractivity contribution in [1.82, 2.24) is 0 Å². The fraction of sp³-hybridized carbons (Fsp3) is 1.00. The normalized spacial score (nSPS) is 15.9. The molecule has 0 fully saturated rings. The first-order valence-corrected chi connectivity index (χ1v) is 5.60. The van der Waals surface area contributed by atoms with Gasteiger partial charge in [0.25, 0.3) is 4.52 Å². The summed E-state index contributed by atoms with van der Waals surface area (Å²) in [6.07, 6.45) is -6.81. The highest BCUT2D eigenvalue weighted by molar-refractivity contribution is 7.43. The molecule has 110 valence electrons. The molecule has 0 N–H and O–H groups in total. The zero-order valence-corrected chi connectivity index (χ0v) is 9.89. The molecule has 18 heavy (non-hydrogen) atoms. The monoisotopic (exact) mass is 346 g/mol. The van der Waals surface area contributed by atoms with Gasteiger partial charge in [-0.1, -0.05) is 23.2 Å². The number of hydrogen-bond acceptors (Lipinski definition) is 4. The van der Waals surface area contributed by atoms with Crippen LogP contribution in [0.1, 0.15) is 0 Å². The fourth-order valence-corrected chi connectivity index (χ4v) is 1.70. The number of alkyl halides is 9. The number of phosphoric acid groups is 1. The predicted molar refractivity (Wildman–Crippen MR) is 39.1 cm³/mol. The van der Waals surface area contributed by atoms with Gasteiger partial charge in [-0.15, -0.1) is 0 Å². The van der Waals surface area contributed by atoms with Crippen molar-refractivity contribution in [2.45, 2.75) is 22.5 Å². The largest absolute Gasteiger partial charge is 0.790 e. The average molecular weight is 347 g/mol. The van der Waals surface area contributed by atoms with Gasteiger partial charge in [0.05, 0.1) is 7.82 Å². The summed E-state index contributed by atoms with van der Waals surface area (Å²) in [4.78, 5) is 19.8. The van der Waals surface area contributed by atoms with Crippen LogP contribution in [0.25, 0.3) is 0 Å². The first-order chi connectivity index (χ1) is 7.46. The SMILES string of the molecule is O=P([O-])([O-])OC(Cl)(Cl)C(F)(F)C(F)(F)C(F)(F)F. The average Bonchev–Trinajstić information content (AvgIpc) is 1.95. The smallest absolute Gasteiger partial charge is 0.460 e. The standard InChI is InChI=1S/C4H2Cl2F7O4P/c5-3(6,17-18(14,15)16)1(7,8)2(9,10)4(11,12)13/h(H2,14,15,16)/p-2. The molecule has 4 nitrogen and oxygen atoms in total. The highest BCUT2D eigenvalue weighted by Crippen LogP contribution is 2.57. The summed E-state index contributed by atoms with van der Waals surface area (Å²) in [6.45, 7) is 0. The summed E-state index contributed by atoms with van der Waals surface area (Å²) in [6, 6.07) is 0. The minimum absolute atomic E-state index is 2.62. The van der Waals surface area contributed by atoms with Gasteiger partial charge in [-0.25, -0.2) is 0 Å². The molecule has 0 radical (unpaired) electrons. The summed E-state index contributed by atoms with van der Waals surface area (Å²) in [5.41, 5.74) is 0. The van der Waals surface area contributed by atoms with Gasteiger partial charge in [-0.05, 0) is 0 Å². The molecule has 14 heteroatoms. The Kier molecular flexibility index (Phi) is 4.69. The molecule has 0 bridgehead atoms. The van der Waals surface area contributed by atoms with Crippen molar-refractivity contribution in [1.29, 1.82) is 0 Å². The molecule has 0 aliphatic rings. The van der Waals surface area contributed by atoms with Crippen molar-refractivity contribution in [3.63, 3.8) is 0 Å². The van der Waals surface area contributed by atoms with E-state index in [-0.39, 0.29) is 0 Å². The molecule has 0 aromatic carbocycles. The van der Waals surface area contributed by atoms with E-state index in [1.165, 1.54) is 0 Å². The van der Waals surface area contributed by atoms with Gasteiger partial charge >= 0.3 is 18.0 Å². The number of phosphoric ester groups is 1. The minimum Gasteiger partial charge on any atom is -0.790 e. The van der Waals surface area contributed by atoms with Crippen LogP contribution in [-0.4, -0.2) is 22.5 Å². The molecule has 0 heterocycles. The molecule has 0 spiro atoms. The van der Waals surface area contributed by atoms with Crippen LogP contribution in [0.2, 0.25) is 0 Å². The zero-order chi connectivity index (χ0) is 15.2. The summed E-state index contributed by atoms with van der Waals surface area (Å²) < 4.78 is 92.8. The molecular weight excluding hydrogens is 347 g/mol. The first-order valence-electron chi connectivity index (χ1n) is 3.39. The van der Waals surface area contributed by atoms with Gasteiger partial charge in [-0.3, -0.25) is 0 Å². The third-order valence-corrected chi connectivity index (χ3v) is 2.68. The van der Waals surface area contributed by atoms with Gasteiger partial charge in [-0.2, -0.15) is 30.7 Å². The number of rotatable bonds is 4. The van der Waals surface area contributed by atoms with Crippen LogP contribution in [0.15, 0.2) is 0 Å². The van der Waals surface area contributed by atoms with Crippen molar-refractivity contribution < 1.29 is 49.6 Å². The lowest BCUT2D eigenvalue weighted by atomic mass is 10.1. The van der Waals surface area contributed by atoms with Crippen molar-refractivity contribution in [2.24, 2.45) is 0 Å². The highest BCUT2D eigenvalue weighted by atomic mass is 35.5. The van der Waals surface area contributed by atoms with Crippen LogP contribution < -0.4 is 9.79 Å². The second kappa shape index (κ2) is 4.64. The molecule has 0 unspecified atom stereocenters. The molecule has 0 aliphatic heterocycles. The minimum atomic E-state index is -6.83. The lowest BCUT2D eigenvalue weighted by Crippen LogP contribution is -2.61. The van der Waals surface area contributed by atoms with Crippen LogP contribution >= 0.6 is 31.0 Å². The van der Waals surface area contributed by atoms with Crippen molar-refractivity contribution in [3.8, 4) is 0 Å². The maximum atomic E-state index is 12.7. The second-order valence-electron chi connectivity index (χ2n) is 2.70. The number of halogens is 9. The molecular formula is C4Cl2F7O4P-2. The van der Waals surface area contributed by atoms with E-state index in [1.54, 1.807) is 0 Å². The molecule has 0 saturated carbocycles. The van der Waals surface area contributed by atoms with Crippen LogP contribution in [0, 0.1) is 0 Å². The third-order valence-electron chi connectivity index (χ3n) is 1.34. The third kappa shape index (κ3) is 3.40. The second-order valence-corrected chi connectivity index (χ2v) is 5.04. The van der Waals surface area contributed by atoms with Crippen LogP contribution in [0.5, 0.6) is 0 Å². The van der Waals surface area contributed by atoms with E-state index in [0.717, 1.165) is 0 Å². The molecule has 0 saturated heterocycles. The van der Waals surface area contributed by atoms with Gasteiger partial charge in [0.2, 0.25) is 0 Å². The fourth-order valence-electron chi connectivity index (χ4n) is 0.559. The van der Waals surface area contributed by atoms with E-state index in [4.69, 9.17) is 0 Å². The molecule has 0 aromatic heterocycles. The van der Waals surface area contributed by atoms with Gasteiger partial charge in [0, 0.05) is 0 Å². The van der Waals surface area contributed by atoms with Crippen molar-refractivity contribution >= 4 is 31.0 Å². The van der Waals surface area contributed by atoms with Gasteiger partial charge in [0.15, 0.2) is 0 Å². The zero-order valence-electron chi connectivity index (χ0n) is 7.48. The first kappa shape index (κ1) is 18.2. The summed E-state index contributed by atoms with van der Waals surface area (Å²) in [5, 5.41) is 0. The molecule has 0 amide bonds. The van der Waals surface area contributed by atoms with Crippen molar-refractivity contribution in [3.05, 3.63) is 0 Å². The Morgan fingerprint density at radius 1 is 0.889 bits per heavy atom. The Bertz CT molecular complexity index is 363. The van der Waals surface area contributed by atoms with Crippen LogP contribution in [-0.2, 0) is 9.09 Å². The number of hydrogen-bond donors (Lipinski definition) is 0. The Labute approximate surface area is 104 Å². The molecule has 0 aromatic rings. The summed E-state index contributed by atoms with van der Waals surface area (Å²) >= 11 is 8.49. The van der Waals surface area contributed by atoms with Crippen LogP contribution in [0.4, 0.5) is 30.7 Å². The van der Waals surface area contributed by atoms with E-state index >= 15 is 0 Å². The van der Waals surface area contributed by atoms with E-state index in [1.807, 2.05) is 0 Å². The summed E-state index contributed by atoms with van der Waals surface area (Å²) in [7, 11) is -6.45. The van der Waals surface area contributed by atoms with Gasteiger partial charge < -0.3 is 18.9 Å². The van der Waals surface area contributed by atoms with E-state index in [9.17, 15) is 45.1 Å². The Morgan fingerprint density at radius 3 is 1.44 bits per heavy atom. The quantitative estimate of drug-likeness (QED) is 0.442. The maximum Gasteiger partial charge on any atom is 0.460 e.